The number of hydrogen-bond donors (Lipinski definition) is 0. The van der Waals surface area contributed by atoms with Crippen LogP contribution in [0.2, 0.25) is 0 Å². The lowest BCUT2D eigenvalue weighted by atomic mass is 9.96. The standard InChI is InChI=1S/C10H16O/c1-4-11-10-6-5-8(2)7-9(10)3/h5-6,8H,4,7H2,1-3H3. The molecule has 0 bridgehead atoms. The highest BCUT2D eigenvalue weighted by Gasteiger charge is 2.09. The van der Waals surface area contributed by atoms with E-state index in [1.54, 1.807) is 0 Å². The van der Waals surface area contributed by atoms with Gasteiger partial charge in [0.05, 0.1) is 6.61 Å². The SMILES string of the molecule is CCOC1=C(C)CC(C)C=C1. The highest BCUT2D eigenvalue weighted by molar-refractivity contribution is 5.24. The third-order valence-electron chi connectivity index (χ3n) is 1.92. The van der Waals surface area contributed by atoms with Crippen LogP contribution in [0.1, 0.15) is 27.2 Å². The molecule has 0 fully saturated rings. The van der Waals surface area contributed by atoms with E-state index in [9.17, 15) is 0 Å². The summed E-state index contributed by atoms with van der Waals surface area (Å²) in [4.78, 5) is 0. The van der Waals surface area contributed by atoms with Gasteiger partial charge >= 0.3 is 0 Å². The Balaban J connectivity index is 2.64. The van der Waals surface area contributed by atoms with Crippen molar-refractivity contribution in [1.29, 1.82) is 0 Å². The Kier molecular flexibility index (Phi) is 2.75. The van der Waals surface area contributed by atoms with Crippen LogP contribution >= 0.6 is 0 Å². The van der Waals surface area contributed by atoms with Crippen molar-refractivity contribution in [3.63, 3.8) is 0 Å². The van der Waals surface area contributed by atoms with E-state index in [4.69, 9.17) is 4.74 Å². The molecule has 1 heteroatoms. The summed E-state index contributed by atoms with van der Waals surface area (Å²) in [6.07, 6.45) is 5.44. The van der Waals surface area contributed by atoms with Crippen LogP contribution in [-0.2, 0) is 4.74 Å². The molecule has 0 heterocycles. The molecule has 0 aromatic rings. The quantitative estimate of drug-likeness (QED) is 0.591. The first-order valence-corrected chi connectivity index (χ1v) is 4.24. The third kappa shape index (κ3) is 2.11. The molecule has 0 radical (unpaired) electrons. The Morgan fingerprint density at radius 1 is 1.64 bits per heavy atom. The first-order valence-electron chi connectivity index (χ1n) is 4.24. The molecule has 0 aliphatic heterocycles. The van der Waals surface area contributed by atoms with Crippen molar-refractivity contribution in [3.05, 3.63) is 23.5 Å². The van der Waals surface area contributed by atoms with Crippen LogP contribution in [0.5, 0.6) is 0 Å². The second-order valence-electron chi connectivity index (χ2n) is 3.12. The molecule has 0 spiro atoms. The molecule has 11 heavy (non-hydrogen) atoms. The van der Waals surface area contributed by atoms with Gasteiger partial charge in [-0.15, -0.1) is 0 Å². The van der Waals surface area contributed by atoms with Gasteiger partial charge < -0.3 is 4.74 Å². The van der Waals surface area contributed by atoms with Crippen LogP contribution in [-0.4, -0.2) is 6.61 Å². The van der Waals surface area contributed by atoms with Gasteiger partial charge in [-0.3, -0.25) is 0 Å². The van der Waals surface area contributed by atoms with Gasteiger partial charge in [0.15, 0.2) is 0 Å². The van der Waals surface area contributed by atoms with Crippen LogP contribution in [0, 0.1) is 5.92 Å². The van der Waals surface area contributed by atoms with Crippen molar-refractivity contribution in [2.75, 3.05) is 6.61 Å². The molecule has 0 aromatic heterocycles. The fourth-order valence-corrected chi connectivity index (χ4v) is 1.37. The zero-order valence-electron chi connectivity index (χ0n) is 7.55. The number of allylic oxidation sites excluding steroid dienone is 3. The Labute approximate surface area is 68.8 Å². The lowest BCUT2D eigenvalue weighted by molar-refractivity contribution is 0.235. The molecule has 0 saturated heterocycles. The second kappa shape index (κ2) is 3.61. The maximum Gasteiger partial charge on any atom is 0.117 e. The van der Waals surface area contributed by atoms with Gasteiger partial charge in [-0.05, 0) is 37.8 Å². The van der Waals surface area contributed by atoms with Crippen molar-refractivity contribution < 1.29 is 4.74 Å². The van der Waals surface area contributed by atoms with E-state index in [-0.39, 0.29) is 0 Å². The summed E-state index contributed by atoms with van der Waals surface area (Å²) in [5.74, 6) is 1.75. The van der Waals surface area contributed by atoms with Crippen molar-refractivity contribution in [1.82, 2.24) is 0 Å². The van der Waals surface area contributed by atoms with Gasteiger partial charge in [0.2, 0.25) is 0 Å². The largest absolute Gasteiger partial charge is 0.494 e. The molecule has 1 rings (SSSR count). The molecule has 1 nitrogen and oxygen atoms in total. The summed E-state index contributed by atoms with van der Waals surface area (Å²) in [5.41, 5.74) is 1.38. The minimum atomic E-state index is 0.680. The summed E-state index contributed by atoms with van der Waals surface area (Å²) < 4.78 is 5.44. The number of rotatable bonds is 2. The van der Waals surface area contributed by atoms with E-state index >= 15 is 0 Å². The van der Waals surface area contributed by atoms with E-state index < -0.39 is 0 Å². The Hall–Kier alpha value is -0.720. The Morgan fingerprint density at radius 2 is 2.36 bits per heavy atom. The summed E-state index contributed by atoms with van der Waals surface area (Å²) in [6.45, 7) is 7.16. The second-order valence-corrected chi connectivity index (χ2v) is 3.12. The van der Waals surface area contributed by atoms with Crippen molar-refractivity contribution >= 4 is 0 Å². The number of ether oxygens (including phenoxy) is 1. The molecule has 1 aliphatic rings. The first kappa shape index (κ1) is 8.38. The summed E-state index contributed by atoms with van der Waals surface area (Å²) in [5, 5.41) is 0. The lowest BCUT2D eigenvalue weighted by Gasteiger charge is -2.16. The van der Waals surface area contributed by atoms with Crippen LogP contribution in [0.25, 0.3) is 0 Å². The van der Waals surface area contributed by atoms with E-state index in [1.165, 1.54) is 5.57 Å². The van der Waals surface area contributed by atoms with E-state index in [0.29, 0.717) is 5.92 Å². The number of hydrogen-bond acceptors (Lipinski definition) is 1. The Bertz CT molecular complexity index is 189. The van der Waals surface area contributed by atoms with E-state index in [1.807, 2.05) is 6.92 Å². The maximum absolute atomic E-state index is 5.44. The van der Waals surface area contributed by atoms with Crippen LogP contribution in [0.3, 0.4) is 0 Å². The van der Waals surface area contributed by atoms with Gasteiger partial charge in [-0.2, -0.15) is 0 Å². The van der Waals surface area contributed by atoms with Gasteiger partial charge in [0.25, 0.3) is 0 Å². The normalized spacial score (nSPS) is 24.1. The zero-order chi connectivity index (χ0) is 8.27. The smallest absolute Gasteiger partial charge is 0.117 e. The lowest BCUT2D eigenvalue weighted by Crippen LogP contribution is -2.02. The molecule has 1 aliphatic carbocycles. The zero-order valence-corrected chi connectivity index (χ0v) is 7.55. The molecular weight excluding hydrogens is 136 g/mol. The molecule has 1 atom stereocenters. The minimum absolute atomic E-state index is 0.680. The minimum Gasteiger partial charge on any atom is -0.494 e. The fraction of sp³-hybridized carbons (Fsp3) is 0.600. The molecule has 0 N–H and O–H groups in total. The van der Waals surface area contributed by atoms with E-state index in [0.717, 1.165) is 18.8 Å². The summed E-state index contributed by atoms with van der Waals surface area (Å²) in [7, 11) is 0. The van der Waals surface area contributed by atoms with Crippen molar-refractivity contribution in [2.45, 2.75) is 27.2 Å². The average Bonchev–Trinajstić information content (AvgIpc) is 1.95. The third-order valence-corrected chi connectivity index (χ3v) is 1.92. The molecular formula is C10H16O. The molecule has 0 aromatic carbocycles. The Morgan fingerprint density at radius 3 is 2.91 bits per heavy atom. The van der Waals surface area contributed by atoms with Crippen molar-refractivity contribution in [3.8, 4) is 0 Å². The highest BCUT2D eigenvalue weighted by Crippen LogP contribution is 2.23. The highest BCUT2D eigenvalue weighted by atomic mass is 16.5. The van der Waals surface area contributed by atoms with Crippen LogP contribution in [0.4, 0.5) is 0 Å². The maximum atomic E-state index is 5.44. The molecule has 62 valence electrons. The summed E-state index contributed by atoms with van der Waals surface area (Å²) >= 11 is 0. The topological polar surface area (TPSA) is 9.23 Å². The predicted molar refractivity (Wildman–Crippen MR) is 47.2 cm³/mol. The van der Waals surface area contributed by atoms with Crippen LogP contribution < -0.4 is 0 Å². The fourth-order valence-electron chi connectivity index (χ4n) is 1.37. The van der Waals surface area contributed by atoms with E-state index in [2.05, 4.69) is 26.0 Å². The van der Waals surface area contributed by atoms with Gasteiger partial charge in [-0.25, -0.2) is 0 Å². The molecule has 1 unspecified atom stereocenters. The first-order chi connectivity index (χ1) is 5.24. The molecule has 0 saturated carbocycles. The molecule has 0 amide bonds. The average molecular weight is 152 g/mol. The predicted octanol–water partition coefficient (Wildman–Crippen LogP) is 2.89. The van der Waals surface area contributed by atoms with Gasteiger partial charge in [0, 0.05) is 0 Å². The monoisotopic (exact) mass is 152 g/mol. The van der Waals surface area contributed by atoms with Gasteiger partial charge in [0.1, 0.15) is 5.76 Å². The van der Waals surface area contributed by atoms with Crippen molar-refractivity contribution in [2.24, 2.45) is 5.92 Å². The van der Waals surface area contributed by atoms with Crippen LogP contribution in [0.15, 0.2) is 23.5 Å². The van der Waals surface area contributed by atoms with Gasteiger partial charge in [-0.1, -0.05) is 13.0 Å². The summed E-state index contributed by atoms with van der Waals surface area (Å²) in [6, 6.07) is 0.